The Morgan fingerprint density at radius 2 is 2.05 bits per heavy atom. The molecule has 19 heavy (non-hydrogen) atoms. The SMILES string of the molecule is COC(=O)Cc1cc(C(F)F)c(C(F)(F)F)nc1Cl. The predicted molar refractivity (Wildman–Crippen MR) is 54.9 cm³/mol. The average Bonchev–Trinajstić information content (AvgIpc) is 2.29. The summed E-state index contributed by atoms with van der Waals surface area (Å²) in [6.45, 7) is 0. The van der Waals surface area contributed by atoms with E-state index in [1.54, 1.807) is 0 Å². The van der Waals surface area contributed by atoms with Crippen LogP contribution in [0.4, 0.5) is 22.0 Å². The number of halogens is 6. The number of aromatic nitrogens is 1. The van der Waals surface area contributed by atoms with E-state index in [1.807, 2.05) is 0 Å². The quantitative estimate of drug-likeness (QED) is 0.488. The van der Waals surface area contributed by atoms with E-state index in [4.69, 9.17) is 11.6 Å². The first-order valence-corrected chi connectivity index (χ1v) is 5.16. The number of carbonyl (C=O) groups excluding carboxylic acids is 1. The first kappa shape index (κ1) is 15.6. The van der Waals surface area contributed by atoms with Crippen LogP contribution >= 0.6 is 11.6 Å². The van der Waals surface area contributed by atoms with Crippen LogP contribution in [0.15, 0.2) is 6.07 Å². The summed E-state index contributed by atoms with van der Waals surface area (Å²) in [6.07, 6.45) is -8.99. The minimum atomic E-state index is -5.06. The monoisotopic (exact) mass is 303 g/mol. The van der Waals surface area contributed by atoms with Crippen molar-refractivity contribution in [2.45, 2.75) is 19.0 Å². The van der Waals surface area contributed by atoms with Crippen molar-refractivity contribution in [3.8, 4) is 0 Å². The highest BCUT2D eigenvalue weighted by atomic mass is 35.5. The van der Waals surface area contributed by atoms with Crippen molar-refractivity contribution in [2.24, 2.45) is 0 Å². The van der Waals surface area contributed by atoms with E-state index in [9.17, 15) is 26.7 Å². The highest BCUT2D eigenvalue weighted by molar-refractivity contribution is 6.30. The molecule has 3 nitrogen and oxygen atoms in total. The minimum Gasteiger partial charge on any atom is -0.469 e. The molecule has 9 heteroatoms. The Balaban J connectivity index is 3.33. The maximum atomic E-state index is 12.6. The van der Waals surface area contributed by atoms with Gasteiger partial charge in [-0.2, -0.15) is 13.2 Å². The third-order valence-electron chi connectivity index (χ3n) is 2.14. The van der Waals surface area contributed by atoms with Gasteiger partial charge in [-0.3, -0.25) is 4.79 Å². The van der Waals surface area contributed by atoms with Crippen molar-refractivity contribution in [2.75, 3.05) is 7.11 Å². The van der Waals surface area contributed by atoms with Crippen LogP contribution < -0.4 is 0 Å². The summed E-state index contributed by atoms with van der Waals surface area (Å²) in [7, 11) is 1.04. The van der Waals surface area contributed by atoms with E-state index in [1.165, 1.54) is 0 Å². The molecule has 0 unspecified atom stereocenters. The molecule has 1 rings (SSSR count). The number of pyridine rings is 1. The van der Waals surface area contributed by atoms with E-state index in [0.717, 1.165) is 7.11 Å². The summed E-state index contributed by atoms with van der Waals surface area (Å²) in [5.74, 6) is -0.830. The molecule has 0 fully saturated rings. The lowest BCUT2D eigenvalue weighted by atomic mass is 10.1. The number of carbonyl (C=O) groups is 1. The molecule has 0 aromatic carbocycles. The van der Waals surface area contributed by atoms with Crippen molar-refractivity contribution in [3.63, 3.8) is 0 Å². The van der Waals surface area contributed by atoms with Crippen LogP contribution in [0, 0.1) is 0 Å². The fourth-order valence-electron chi connectivity index (χ4n) is 1.30. The zero-order valence-corrected chi connectivity index (χ0v) is 10.1. The smallest absolute Gasteiger partial charge is 0.433 e. The standard InChI is InChI=1S/C10H7ClF5NO2/c1-19-6(18)3-4-2-5(9(12)13)7(10(14,15)16)17-8(4)11/h2,9H,3H2,1H3. The number of methoxy groups -OCH3 is 1. The number of esters is 1. The van der Waals surface area contributed by atoms with E-state index in [0.29, 0.717) is 6.07 Å². The molecule has 1 aromatic rings. The molecule has 0 atom stereocenters. The van der Waals surface area contributed by atoms with Crippen LogP contribution in [0.1, 0.15) is 23.2 Å². The molecule has 1 heterocycles. The number of hydrogen-bond donors (Lipinski definition) is 0. The minimum absolute atomic E-state index is 0.253. The fraction of sp³-hybridized carbons (Fsp3) is 0.400. The molecule has 1 aromatic heterocycles. The molecule has 0 aliphatic rings. The predicted octanol–water partition coefficient (Wildman–Crippen LogP) is 3.41. The lowest BCUT2D eigenvalue weighted by Gasteiger charge is -2.13. The van der Waals surface area contributed by atoms with Gasteiger partial charge in [0, 0.05) is 11.1 Å². The number of nitrogens with zero attached hydrogens (tertiary/aromatic N) is 1. The molecule has 0 aliphatic heterocycles. The van der Waals surface area contributed by atoms with Gasteiger partial charge in [0.1, 0.15) is 5.15 Å². The molecule has 0 N–H and O–H groups in total. The molecule has 0 bridgehead atoms. The number of ether oxygens (including phenoxy) is 1. The second kappa shape index (κ2) is 5.68. The zero-order valence-electron chi connectivity index (χ0n) is 9.39. The Hall–Kier alpha value is -1.44. The molecule has 0 aliphatic carbocycles. The van der Waals surface area contributed by atoms with Crippen LogP contribution in [0.2, 0.25) is 5.15 Å². The second-order valence-electron chi connectivity index (χ2n) is 3.43. The van der Waals surface area contributed by atoms with E-state index < -0.39 is 41.4 Å². The molecule has 0 radical (unpaired) electrons. The summed E-state index contributed by atoms with van der Waals surface area (Å²) >= 11 is 5.45. The van der Waals surface area contributed by atoms with Gasteiger partial charge in [-0.1, -0.05) is 11.6 Å². The van der Waals surface area contributed by atoms with Gasteiger partial charge >= 0.3 is 12.1 Å². The van der Waals surface area contributed by atoms with Crippen LogP contribution in [0.25, 0.3) is 0 Å². The van der Waals surface area contributed by atoms with Gasteiger partial charge in [-0.25, -0.2) is 13.8 Å². The molecule has 0 saturated carbocycles. The first-order chi connectivity index (χ1) is 8.66. The number of alkyl halides is 5. The molecule has 0 saturated heterocycles. The lowest BCUT2D eigenvalue weighted by molar-refractivity contribution is -0.143. The van der Waals surface area contributed by atoms with Crippen molar-refractivity contribution >= 4 is 17.6 Å². The second-order valence-corrected chi connectivity index (χ2v) is 3.79. The van der Waals surface area contributed by atoms with Gasteiger partial charge in [-0.05, 0) is 6.07 Å². The first-order valence-electron chi connectivity index (χ1n) is 4.78. The Bertz CT molecular complexity index is 490. The maximum Gasteiger partial charge on any atom is 0.433 e. The fourth-order valence-corrected chi connectivity index (χ4v) is 1.50. The molecule has 106 valence electrons. The van der Waals surface area contributed by atoms with E-state index in [2.05, 4.69) is 9.72 Å². The Morgan fingerprint density at radius 1 is 1.47 bits per heavy atom. The van der Waals surface area contributed by atoms with Gasteiger partial charge in [0.2, 0.25) is 0 Å². The summed E-state index contributed by atoms with van der Waals surface area (Å²) in [5.41, 5.74) is -3.34. The normalized spacial score (nSPS) is 11.8. The summed E-state index contributed by atoms with van der Waals surface area (Å²) in [5, 5.41) is -0.665. The summed E-state index contributed by atoms with van der Waals surface area (Å²) < 4.78 is 67.0. The van der Waals surface area contributed by atoms with Crippen LogP contribution in [-0.4, -0.2) is 18.1 Å². The van der Waals surface area contributed by atoms with Gasteiger partial charge in [0.25, 0.3) is 6.43 Å². The van der Waals surface area contributed by atoms with Crippen LogP contribution in [0.3, 0.4) is 0 Å². The Morgan fingerprint density at radius 3 is 2.47 bits per heavy atom. The summed E-state index contributed by atoms with van der Waals surface area (Å²) in [4.78, 5) is 13.9. The number of hydrogen-bond acceptors (Lipinski definition) is 3. The zero-order chi connectivity index (χ0) is 14.8. The third kappa shape index (κ3) is 3.76. The van der Waals surface area contributed by atoms with Crippen LogP contribution in [0.5, 0.6) is 0 Å². The molecule has 0 amide bonds. The molecular weight excluding hydrogens is 297 g/mol. The van der Waals surface area contributed by atoms with Crippen molar-refractivity contribution in [3.05, 3.63) is 28.0 Å². The van der Waals surface area contributed by atoms with Gasteiger partial charge < -0.3 is 4.74 Å². The Kier molecular flexibility index (Phi) is 4.67. The van der Waals surface area contributed by atoms with Crippen molar-refractivity contribution in [1.29, 1.82) is 0 Å². The maximum absolute atomic E-state index is 12.6. The number of rotatable bonds is 3. The highest BCUT2D eigenvalue weighted by Gasteiger charge is 2.38. The lowest BCUT2D eigenvalue weighted by Crippen LogP contribution is -2.15. The third-order valence-corrected chi connectivity index (χ3v) is 2.47. The van der Waals surface area contributed by atoms with Gasteiger partial charge in [0.15, 0.2) is 5.69 Å². The molecule has 0 spiro atoms. The Labute approximate surface area is 109 Å². The largest absolute Gasteiger partial charge is 0.469 e. The van der Waals surface area contributed by atoms with Crippen molar-refractivity contribution in [1.82, 2.24) is 4.98 Å². The molecular formula is C10H7ClF5NO2. The van der Waals surface area contributed by atoms with E-state index >= 15 is 0 Å². The van der Waals surface area contributed by atoms with E-state index in [-0.39, 0.29) is 5.56 Å². The highest BCUT2D eigenvalue weighted by Crippen LogP contribution is 2.37. The van der Waals surface area contributed by atoms with Gasteiger partial charge in [0.05, 0.1) is 13.5 Å². The average molecular weight is 304 g/mol. The topological polar surface area (TPSA) is 39.2 Å². The van der Waals surface area contributed by atoms with Crippen molar-refractivity contribution < 1.29 is 31.5 Å². The van der Waals surface area contributed by atoms with Crippen LogP contribution in [-0.2, 0) is 22.1 Å². The van der Waals surface area contributed by atoms with Gasteiger partial charge in [-0.15, -0.1) is 0 Å². The summed E-state index contributed by atoms with van der Waals surface area (Å²) in [6, 6.07) is 0.514.